The molecular weight excluding hydrogens is 108 g/mol. The van der Waals surface area contributed by atoms with Crippen LogP contribution in [0.1, 0.15) is 32.6 Å². The normalized spacial score (nSPS) is 19.2. The standard InChI is InChI=1S/C9H13/c1-2-3-6-9-7-4-5-8-9/h2,9H,4-5,7-8H2,1H3. The fraction of sp³-hybridized carbons (Fsp3) is 0.667. The Morgan fingerprint density at radius 3 is 2.56 bits per heavy atom. The van der Waals surface area contributed by atoms with Gasteiger partial charge in [-0.05, 0) is 12.8 Å². The van der Waals surface area contributed by atoms with Gasteiger partial charge in [0.05, 0.1) is 0 Å². The second-order valence-corrected chi connectivity index (χ2v) is 2.56. The van der Waals surface area contributed by atoms with E-state index in [-0.39, 0.29) is 0 Å². The Hall–Kier alpha value is -0.440. The smallest absolute Gasteiger partial charge is 0.0309 e. The van der Waals surface area contributed by atoms with E-state index in [0.29, 0.717) is 0 Å². The van der Waals surface area contributed by atoms with Crippen LogP contribution in [-0.4, -0.2) is 0 Å². The predicted octanol–water partition coefficient (Wildman–Crippen LogP) is 2.40. The van der Waals surface area contributed by atoms with Crippen LogP contribution in [-0.2, 0) is 0 Å². The van der Waals surface area contributed by atoms with Gasteiger partial charge in [-0.15, -0.1) is 0 Å². The van der Waals surface area contributed by atoms with Gasteiger partial charge >= 0.3 is 0 Å². The second kappa shape index (κ2) is 3.56. The van der Waals surface area contributed by atoms with Gasteiger partial charge in [-0.1, -0.05) is 31.6 Å². The number of hydrogen-bond acceptors (Lipinski definition) is 0. The Kier molecular flexibility index (Phi) is 2.64. The van der Waals surface area contributed by atoms with Crippen molar-refractivity contribution in [2.24, 2.45) is 5.92 Å². The van der Waals surface area contributed by atoms with Gasteiger partial charge in [0, 0.05) is 12.3 Å². The molecular formula is C9H13. The summed E-state index contributed by atoms with van der Waals surface area (Å²) >= 11 is 0. The molecule has 0 atom stereocenters. The van der Waals surface area contributed by atoms with E-state index in [1.807, 2.05) is 13.3 Å². The molecule has 0 bridgehead atoms. The van der Waals surface area contributed by atoms with Crippen molar-refractivity contribution in [1.82, 2.24) is 0 Å². The van der Waals surface area contributed by atoms with E-state index in [1.54, 1.807) is 0 Å². The molecule has 0 spiro atoms. The van der Waals surface area contributed by atoms with Crippen molar-refractivity contribution in [2.45, 2.75) is 32.6 Å². The van der Waals surface area contributed by atoms with E-state index in [2.05, 4.69) is 11.8 Å². The zero-order chi connectivity index (χ0) is 6.53. The minimum Gasteiger partial charge on any atom is -0.0996 e. The van der Waals surface area contributed by atoms with Crippen molar-refractivity contribution in [3.63, 3.8) is 0 Å². The Labute approximate surface area is 57.7 Å². The molecule has 0 aromatic heterocycles. The van der Waals surface area contributed by atoms with E-state index in [1.165, 1.54) is 25.7 Å². The Bertz CT molecular complexity index is 119. The van der Waals surface area contributed by atoms with E-state index in [9.17, 15) is 0 Å². The van der Waals surface area contributed by atoms with Gasteiger partial charge in [-0.2, -0.15) is 0 Å². The summed E-state index contributed by atoms with van der Waals surface area (Å²) in [5, 5.41) is 0. The third kappa shape index (κ3) is 2.10. The maximum atomic E-state index is 3.23. The summed E-state index contributed by atoms with van der Waals surface area (Å²) < 4.78 is 0. The number of hydrogen-bond donors (Lipinski definition) is 0. The molecule has 0 amide bonds. The lowest BCUT2D eigenvalue weighted by Gasteiger charge is -1.93. The maximum Gasteiger partial charge on any atom is 0.0309 e. The summed E-state index contributed by atoms with van der Waals surface area (Å²) in [5.74, 6) is 6.96. The van der Waals surface area contributed by atoms with Crippen LogP contribution in [0.3, 0.4) is 0 Å². The van der Waals surface area contributed by atoms with Crippen LogP contribution >= 0.6 is 0 Å². The molecule has 9 heavy (non-hydrogen) atoms. The lowest BCUT2D eigenvalue weighted by atomic mass is 10.1. The first-order valence-corrected chi connectivity index (χ1v) is 3.72. The molecule has 0 aliphatic heterocycles. The van der Waals surface area contributed by atoms with Crippen LogP contribution in [0.15, 0.2) is 0 Å². The molecule has 0 saturated heterocycles. The molecule has 0 unspecified atom stereocenters. The molecule has 0 aromatic rings. The van der Waals surface area contributed by atoms with E-state index in [4.69, 9.17) is 0 Å². The fourth-order valence-corrected chi connectivity index (χ4v) is 1.27. The molecule has 49 valence electrons. The summed E-state index contributed by atoms with van der Waals surface area (Å²) in [6.45, 7) is 1.99. The first kappa shape index (κ1) is 6.68. The SMILES string of the molecule is C[CH]C#CC1CCCC1. The fourth-order valence-electron chi connectivity index (χ4n) is 1.27. The minimum atomic E-state index is 0.723. The third-order valence-corrected chi connectivity index (χ3v) is 1.79. The van der Waals surface area contributed by atoms with Crippen molar-refractivity contribution in [3.8, 4) is 11.8 Å². The summed E-state index contributed by atoms with van der Waals surface area (Å²) in [7, 11) is 0. The predicted molar refractivity (Wildman–Crippen MR) is 39.7 cm³/mol. The van der Waals surface area contributed by atoms with E-state index < -0.39 is 0 Å². The highest BCUT2D eigenvalue weighted by atomic mass is 14.1. The number of rotatable bonds is 0. The molecule has 1 radical (unpaired) electrons. The van der Waals surface area contributed by atoms with Crippen molar-refractivity contribution in [3.05, 3.63) is 6.42 Å². The largest absolute Gasteiger partial charge is 0.0996 e. The first-order valence-electron chi connectivity index (χ1n) is 3.72. The van der Waals surface area contributed by atoms with Gasteiger partial charge in [-0.25, -0.2) is 0 Å². The van der Waals surface area contributed by atoms with Crippen molar-refractivity contribution < 1.29 is 0 Å². The lowest BCUT2D eigenvalue weighted by molar-refractivity contribution is 0.712. The minimum absolute atomic E-state index is 0.723. The summed E-state index contributed by atoms with van der Waals surface area (Å²) in [5.41, 5.74) is 0. The molecule has 1 aliphatic carbocycles. The lowest BCUT2D eigenvalue weighted by Crippen LogP contribution is -1.85. The molecule has 1 aliphatic rings. The molecule has 1 rings (SSSR count). The highest BCUT2D eigenvalue weighted by molar-refractivity contribution is 5.11. The average molecular weight is 121 g/mol. The Balaban J connectivity index is 2.26. The molecule has 0 nitrogen and oxygen atoms in total. The molecule has 0 heteroatoms. The Morgan fingerprint density at radius 2 is 2.00 bits per heavy atom. The van der Waals surface area contributed by atoms with Gasteiger partial charge in [0.15, 0.2) is 0 Å². The topological polar surface area (TPSA) is 0 Å². The van der Waals surface area contributed by atoms with E-state index in [0.717, 1.165) is 5.92 Å². The highest BCUT2D eigenvalue weighted by Crippen LogP contribution is 2.23. The Morgan fingerprint density at radius 1 is 1.33 bits per heavy atom. The zero-order valence-corrected chi connectivity index (χ0v) is 5.98. The van der Waals surface area contributed by atoms with Gasteiger partial charge in [-0.3, -0.25) is 0 Å². The van der Waals surface area contributed by atoms with Crippen LogP contribution in [0.4, 0.5) is 0 Å². The second-order valence-electron chi connectivity index (χ2n) is 2.56. The van der Waals surface area contributed by atoms with Crippen LogP contribution < -0.4 is 0 Å². The van der Waals surface area contributed by atoms with Crippen LogP contribution in [0.25, 0.3) is 0 Å². The zero-order valence-electron chi connectivity index (χ0n) is 5.98. The van der Waals surface area contributed by atoms with E-state index >= 15 is 0 Å². The van der Waals surface area contributed by atoms with Gasteiger partial charge in [0.2, 0.25) is 0 Å². The molecule has 1 fully saturated rings. The molecule has 0 N–H and O–H groups in total. The summed E-state index contributed by atoms with van der Waals surface area (Å²) in [6.07, 6.45) is 7.38. The van der Waals surface area contributed by atoms with Crippen molar-refractivity contribution >= 4 is 0 Å². The van der Waals surface area contributed by atoms with Gasteiger partial charge < -0.3 is 0 Å². The van der Waals surface area contributed by atoms with Gasteiger partial charge in [0.25, 0.3) is 0 Å². The highest BCUT2D eigenvalue weighted by Gasteiger charge is 2.10. The molecule has 0 heterocycles. The van der Waals surface area contributed by atoms with Crippen LogP contribution in [0, 0.1) is 24.2 Å². The quantitative estimate of drug-likeness (QED) is 0.432. The van der Waals surface area contributed by atoms with Crippen molar-refractivity contribution in [2.75, 3.05) is 0 Å². The maximum absolute atomic E-state index is 3.23. The summed E-state index contributed by atoms with van der Waals surface area (Å²) in [4.78, 5) is 0. The average Bonchev–Trinajstić information content (AvgIpc) is 2.34. The van der Waals surface area contributed by atoms with Crippen molar-refractivity contribution in [1.29, 1.82) is 0 Å². The summed E-state index contributed by atoms with van der Waals surface area (Å²) in [6, 6.07) is 0. The molecule has 1 saturated carbocycles. The first-order chi connectivity index (χ1) is 4.43. The van der Waals surface area contributed by atoms with Crippen LogP contribution in [0.5, 0.6) is 0 Å². The monoisotopic (exact) mass is 121 g/mol. The third-order valence-electron chi connectivity index (χ3n) is 1.79. The van der Waals surface area contributed by atoms with Gasteiger partial charge in [0.1, 0.15) is 0 Å². The van der Waals surface area contributed by atoms with Crippen LogP contribution in [0.2, 0.25) is 0 Å². The molecule has 0 aromatic carbocycles.